The van der Waals surface area contributed by atoms with Crippen molar-refractivity contribution in [3.05, 3.63) is 0 Å². The van der Waals surface area contributed by atoms with E-state index in [1.807, 2.05) is 0 Å². The van der Waals surface area contributed by atoms with Crippen molar-refractivity contribution in [3.63, 3.8) is 0 Å². The van der Waals surface area contributed by atoms with E-state index in [-0.39, 0.29) is 9.76 Å². The molecule has 0 aliphatic heterocycles. The third kappa shape index (κ3) is 12.2. The van der Waals surface area contributed by atoms with Crippen LogP contribution in [0.5, 0.6) is 0 Å². The average molecular weight is 202 g/mol. The van der Waals surface area contributed by atoms with Gasteiger partial charge < -0.3 is 4.43 Å². The van der Waals surface area contributed by atoms with Gasteiger partial charge in [0.05, 0.1) is 0 Å². The molecule has 1 nitrogen and oxygen atoms in total. The Hall–Kier alpha value is 0.177. The van der Waals surface area contributed by atoms with Crippen LogP contribution in [-0.4, -0.2) is 16.4 Å². The molecule has 0 heterocycles. The molecule has 0 atom stereocenters. The summed E-state index contributed by atoms with van der Waals surface area (Å²) in [6.07, 6.45) is 9.69. The monoisotopic (exact) mass is 202 g/mol. The van der Waals surface area contributed by atoms with Gasteiger partial charge in [0.1, 0.15) is 0 Å². The summed E-state index contributed by atoms with van der Waals surface area (Å²) in [5.74, 6) is 0. The molecule has 0 amide bonds. The van der Waals surface area contributed by atoms with Crippen LogP contribution in [0.4, 0.5) is 0 Å². The molecule has 13 heavy (non-hydrogen) atoms. The van der Waals surface area contributed by atoms with Crippen molar-refractivity contribution in [2.45, 2.75) is 64.8 Å². The van der Waals surface area contributed by atoms with Gasteiger partial charge in [-0.2, -0.15) is 0 Å². The third-order valence-corrected chi connectivity index (χ3v) is 3.61. The number of rotatable bonds is 10. The third-order valence-electron chi connectivity index (χ3n) is 2.24. The molecule has 2 heteroatoms. The zero-order valence-corrected chi connectivity index (χ0v) is 10.9. The lowest BCUT2D eigenvalue weighted by atomic mass is 10.1. The number of hydrogen-bond donors (Lipinski definition) is 0. The Bertz CT molecular complexity index is 76.2. The van der Waals surface area contributed by atoms with Crippen molar-refractivity contribution in [2.24, 2.45) is 0 Å². The van der Waals surface area contributed by atoms with Crippen molar-refractivity contribution in [1.29, 1.82) is 0 Å². The predicted octanol–water partition coefficient (Wildman–Crippen LogP) is 3.28. The molecule has 0 rings (SSSR count). The van der Waals surface area contributed by atoms with Gasteiger partial charge in [0.2, 0.25) is 0 Å². The SMILES string of the molecule is CCCCCCCC[SiH2]OCCC. The molecule has 0 aromatic rings. The minimum absolute atomic E-state index is 0.139. The molecule has 0 unspecified atom stereocenters. The summed E-state index contributed by atoms with van der Waals surface area (Å²) in [7, 11) is -0.139. The topological polar surface area (TPSA) is 9.23 Å². The van der Waals surface area contributed by atoms with Crippen LogP contribution in [-0.2, 0) is 4.43 Å². The Morgan fingerprint density at radius 2 is 1.54 bits per heavy atom. The first-order valence-corrected chi connectivity index (χ1v) is 7.57. The molecule has 0 aromatic heterocycles. The molecular formula is C11H26OSi. The fraction of sp³-hybridized carbons (Fsp3) is 1.00. The van der Waals surface area contributed by atoms with E-state index in [4.69, 9.17) is 4.43 Å². The lowest BCUT2D eigenvalue weighted by Crippen LogP contribution is -1.98. The van der Waals surface area contributed by atoms with E-state index in [0.29, 0.717) is 0 Å². The second-order valence-corrected chi connectivity index (χ2v) is 5.26. The molecule has 0 spiro atoms. The molecule has 80 valence electrons. The highest BCUT2D eigenvalue weighted by Crippen LogP contribution is 2.06. The van der Waals surface area contributed by atoms with E-state index in [1.165, 1.54) is 51.0 Å². The normalized spacial score (nSPS) is 11.5. The van der Waals surface area contributed by atoms with Crippen LogP contribution in [0.2, 0.25) is 6.04 Å². The van der Waals surface area contributed by atoms with Crippen LogP contribution < -0.4 is 0 Å². The molecule has 0 saturated carbocycles. The van der Waals surface area contributed by atoms with Crippen LogP contribution in [0.25, 0.3) is 0 Å². The summed E-state index contributed by atoms with van der Waals surface area (Å²) < 4.78 is 5.55. The summed E-state index contributed by atoms with van der Waals surface area (Å²) in [5, 5.41) is 0. The Labute approximate surface area is 86.2 Å². The van der Waals surface area contributed by atoms with Gasteiger partial charge in [-0.25, -0.2) is 0 Å². The van der Waals surface area contributed by atoms with E-state index in [1.54, 1.807) is 0 Å². The van der Waals surface area contributed by atoms with Crippen LogP contribution in [0.1, 0.15) is 58.8 Å². The predicted molar refractivity (Wildman–Crippen MR) is 63.0 cm³/mol. The summed E-state index contributed by atoms with van der Waals surface area (Å²) in [5.41, 5.74) is 0. The van der Waals surface area contributed by atoms with E-state index >= 15 is 0 Å². The van der Waals surface area contributed by atoms with E-state index in [0.717, 1.165) is 6.61 Å². The maximum Gasteiger partial charge on any atom is 0.161 e. The van der Waals surface area contributed by atoms with Gasteiger partial charge in [-0.15, -0.1) is 0 Å². The minimum Gasteiger partial charge on any atom is -0.424 e. The molecule has 0 aliphatic rings. The lowest BCUT2D eigenvalue weighted by molar-refractivity contribution is 0.334. The standard InChI is InChI=1S/C11H26OSi/c1-3-5-6-7-8-9-11-13-12-10-4-2/h3-11,13H2,1-2H3. The average Bonchev–Trinajstić information content (AvgIpc) is 2.16. The Balaban J connectivity index is 2.76. The summed E-state index contributed by atoms with van der Waals surface area (Å²) in [6.45, 7) is 5.45. The summed E-state index contributed by atoms with van der Waals surface area (Å²) in [4.78, 5) is 0. The first-order chi connectivity index (χ1) is 6.41. The molecule has 0 aromatic carbocycles. The van der Waals surface area contributed by atoms with Gasteiger partial charge in [0.25, 0.3) is 0 Å². The van der Waals surface area contributed by atoms with Gasteiger partial charge in [-0.05, 0) is 12.5 Å². The molecule has 0 radical (unpaired) electrons. The van der Waals surface area contributed by atoms with Gasteiger partial charge >= 0.3 is 0 Å². The second-order valence-electron chi connectivity index (χ2n) is 3.73. The first-order valence-electron chi connectivity index (χ1n) is 5.99. The van der Waals surface area contributed by atoms with E-state index in [9.17, 15) is 0 Å². The number of hydrogen-bond acceptors (Lipinski definition) is 1. The molecular weight excluding hydrogens is 176 g/mol. The number of unbranched alkanes of at least 4 members (excludes halogenated alkanes) is 5. The van der Waals surface area contributed by atoms with Crippen molar-refractivity contribution >= 4 is 9.76 Å². The fourth-order valence-electron chi connectivity index (χ4n) is 1.41. The van der Waals surface area contributed by atoms with Gasteiger partial charge in [-0.1, -0.05) is 52.4 Å². The Kier molecular flexibility index (Phi) is 12.3. The van der Waals surface area contributed by atoms with E-state index < -0.39 is 0 Å². The smallest absolute Gasteiger partial charge is 0.161 e. The Morgan fingerprint density at radius 3 is 2.23 bits per heavy atom. The van der Waals surface area contributed by atoms with Crippen molar-refractivity contribution in [1.82, 2.24) is 0 Å². The highest BCUT2D eigenvalue weighted by atomic mass is 28.2. The quantitative estimate of drug-likeness (QED) is 0.390. The maximum atomic E-state index is 5.55. The molecule has 0 saturated heterocycles. The van der Waals surface area contributed by atoms with Crippen molar-refractivity contribution in [3.8, 4) is 0 Å². The van der Waals surface area contributed by atoms with Crippen LogP contribution in [0, 0.1) is 0 Å². The molecule has 0 bridgehead atoms. The molecule has 0 fully saturated rings. The zero-order chi connectivity index (χ0) is 9.78. The molecule has 0 aliphatic carbocycles. The highest BCUT2D eigenvalue weighted by molar-refractivity contribution is 6.26. The molecule has 0 N–H and O–H groups in total. The van der Waals surface area contributed by atoms with Crippen molar-refractivity contribution < 1.29 is 4.43 Å². The minimum atomic E-state index is -0.139. The zero-order valence-electron chi connectivity index (χ0n) is 9.48. The first kappa shape index (κ1) is 13.2. The highest BCUT2D eigenvalue weighted by Gasteiger charge is 1.91. The van der Waals surface area contributed by atoms with Crippen LogP contribution in [0.15, 0.2) is 0 Å². The van der Waals surface area contributed by atoms with E-state index in [2.05, 4.69) is 13.8 Å². The second kappa shape index (κ2) is 12.2. The fourth-order valence-corrected chi connectivity index (χ4v) is 2.66. The van der Waals surface area contributed by atoms with Gasteiger partial charge in [0, 0.05) is 6.61 Å². The Morgan fingerprint density at radius 1 is 0.846 bits per heavy atom. The maximum absolute atomic E-state index is 5.55. The lowest BCUT2D eigenvalue weighted by Gasteiger charge is -2.01. The van der Waals surface area contributed by atoms with Gasteiger partial charge in [-0.3, -0.25) is 0 Å². The summed E-state index contributed by atoms with van der Waals surface area (Å²) in [6, 6.07) is 1.39. The van der Waals surface area contributed by atoms with Crippen LogP contribution >= 0.6 is 0 Å². The van der Waals surface area contributed by atoms with Gasteiger partial charge in [0.15, 0.2) is 9.76 Å². The van der Waals surface area contributed by atoms with Crippen LogP contribution in [0.3, 0.4) is 0 Å². The summed E-state index contributed by atoms with van der Waals surface area (Å²) >= 11 is 0. The largest absolute Gasteiger partial charge is 0.424 e. The van der Waals surface area contributed by atoms with Crippen molar-refractivity contribution in [2.75, 3.05) is 6.61 Å².